The zero-order valence-electron chi connectivity index (χ0n) is 8.75. The van der Waals surface area contributed by atoms with Gasteiger partial charge in [0.05, 0.1) is 0 Å². The van der Waals surface area contributed by atoms with E-state index in [0.717, 1.165) is 32.1 Å². The second-order valence-corrected chi connectivity index (χ2v) is 4.31. The van der Waals surface area contributed by atoms with Crippen LogP contribution < -0.4 is 10.6 Å². The molecular formula is C10H19N3O. The maximum Gasteiger partial charge on any atom is 0.317 e. The molecule has 0 unspecified atom stereocenters. The molecule has 2 fully saturated rings. The lowest BCUT2D eigenvalue weighted by Gasteiger charge is -2.29. The van der Waals surface area contributed by atoms with Crippen LogP contribution >= 0.6 is 0 Å². The number of amides is 2. The monoisotopic (exact) mass is 197 g/mol. The molecule has 2 aliphatic rings. The molecule has 0 aromatic rings. The van der Waals surface area contributed by atoms with Gasteiger partial charge in [-0.3, -0.25) is 0 Å². The molecule has 2 rings (SSSR count). The van der Waals surface area contributed by atoms with E-state index in [4.69, 9.17) is 0 Å². The SMILES string of the molecule is C[C@@H](NC(=O)N1CCNCC1)C1CC1. The molecule has 1 saturated carbocycles. The fourth-order valence-electron chi connectivity index (χ4n) is 1.87. The molecule has 1 aliphatic heterocycles. The largest absolute Gasteiger partial charge is 0.335 e. The lowest BCUT2D eigenvalue weighted by Crippen LogP contribution is -2.52. The van der Waals surface area contributed by atoms with Crippen molar-refractivity contribution in [3.05, 3.63) is 0 Å². The van der Waals surface area contributed by atoms with Gasteiger partial charge in [-0.05, 0) is 25.7 Å². The number of nitrogens with one attached hydrogen (secondary N) is 2. The summed E-state index contributed by atoms with van der Waals surface area (Å²) in [5.41, 5.74) is 0. The van der Waals surface area contributed by atoms with Crippen molar-refractivity contribution >= 4 is 6.03 Å². The first-order chi connectivity index (χ1) is 6.77. The van der Waals surface area contributed by atoms with E-state index >= 15 is 0 Å². The molecule has 80 valence electrons. The molecule has 1 heterocycles. The highest BCUT2D eigenvalue weighted by molar-refractivity contribution is 5.74. The number of urea groups is 1. The fraction of sp³-hybridized carbons (Fsp3) is 0.900. The van der Waals surface area contributed by atoms with Crippen LogP contribution in [0.5, 0.6) is 0 Å². The maximum atomic E-state index is 11.7. The van der Waals surface area contributed by atoms with Crippen LogP contribution in [0.2, 0.25) is 0 Å². The Kier molecular flexibility index (Phi) is 2.91. The number of rotatable bonds is 2. The van der Waals surface area contributed by atoms with Gasteiger partial charge in [-0.2, -0.15) is 0 Å². The van der Waals surface area contributed by atoms with Gasteiger partial charge in [0, 0.05) is 32.2 Å². The molecule has 1 atom stereocenters. The number of piperazine rings is 1. The topological polar surface area (TPSA) is 44.4 Å². The summed E-state index contributed by atoms with van der Waals surface area (Å²) in [6.07, 6.45) is 2.56. The smallest absolute Gasteiger partial charge is 0.317 e. The quantitative estimate of drug-likeness (QED) is 0.673. The number of hydrogen-bond donors (Lipinski definition) is 2. The van der Waals surface area contributed by atoms with E-state index in [-0.39, 0.29) is 6.03 Å². The van der Waals surface area contributed by atoms with Gasteiger partial charge in [0.25, 0.3) is 0 Å². The van der Waals surface area contributed by atoms with Crippen LogP contribution in [0.4, 0.5) is 4.79 Å². The van der Waals surface area contributed by atoms with Crippen molar-refractivity contribution in [2.75, 3.05) is 26.2 Å². The summed E-state index contributed by atoms with van der Waals surface area (Å²) >= 11 is 0. The first-order valence-corrected chi connectivity index (χ1v) is 5.53. The van der Waals surface area contributed by atoms with Gasteiger partial charge in [-0.1, -0.05) is 0 Å². The van der Waals surface area contributed by atoms with Crippen molar-refractivity contribution in [1.82, 2.24) is 15.5 Å². The first kappa shape index (κ1) is 9.77. The summed E-state index contributed by atoms with van der Waals surface area (Å²) in [6.45, 7) is 5.63. The molecule has 0 spiro atoms. The maximum absolute atomic E-state index is 11.7. The predicted octanol–water partition coefficient (Wildman–Crippen LogP) is 0.400. The highest BCUT2D eigenvalue weighted by Crippen LogP contribution is 2.32. The molecule has 0 radical (unpaired) electrons. The standard InChI is InChI=1S/C10H19N3O/c1-8(9-2-3-9)12-10(14)13-6-4-11-5-7-13/h8-9,11H,2-7H2,1H3,(H,12,14)/t8-/m1/s1. The molecule has 2 amide bonds. The Morgan fingerprint density at radius 3 is 2.64 bits per heavy atom. The first-order valence-electron chi connectivity index (χ1n) is 5.53. The zero-order valence-corrected chi connectivity index (χ0v) is 8.75. The van der Waals surface area contributed by atoms with Crippen LogP contribution in [-0.2, 0) is 0 Å². The molecule has 0 bridgehead atoms. The third-order valence-corrected chi connectivity index (χ3v) is 3.08. The highest BCUT2D eigenvalue weighted by atomic mass is 16.2. The van der Waals surface area contributed by atoms with Crippen molar-refractivity contribution in [2.24, 2.45) is 5.92 Å². The average Bonchev–Trinajstić information content (AvgIpc) is 3.02. The molecule has 0 aromatic heterocycles. The normalized spacial score (nSPS) is 24.5. The van der Waals surface area contributed by atoms with Crippen molar-refractivity contribution < 1.29 is 4.79 Å². The van der Waals surface area contributed by atoms with Gasteiger partial charge < -0.3 is 15.5 Å². The van der Waals surface area contributed by atoms with Gasteiger partial charge >= 0.3 is 6.03 Å². The summed E-state index contributed by atoms with van der Waals surface area (Å²) in [6, 6.07) is 0.475. The molecule has 2 N–H and O–H groups in total. The van der Waals surface area contributed by atoms with Crippen molar-refractivity contribution in [3.8, 4) is 0 Å². The van der Waals surface area contributed by atoms with E-state index in [1.807, 2.05) is 4.90 Å². The summed E-state index contributed by atoms with van der Waals surface area (Å²) in [7, 11) is 0. The van der Waals surface area contributed by atoms with Crippen molar-refractivity contribution in [2.45, 2.75) is 25.8 Å². The minimum absolute atomic E-state index is 0.117. The second kappa shape index (κ2) is 4.17. The Morgan fingerprint density at radius 1 is 1.43 bits per heavy atom. The molecule has 1 aliphatic carbocycles. The van der Waals surface area contributed by atoms with E-state index in [1.165, 1.54) is 12.8 Å². The van der Waals surface area contributed by atoms with Gasteiger partial charge in [0.2, 0.25) is 0 Å². The highest BCUT2D eigenvalue weighted by Gasteiger charge is 2.30. The van der Waals surface area contributed by atoms with Crippen molar-refractivity contribution in [3.63, 3.8) is 0 Å². The zero-order chi connectivity index (χ0) is 9.97. The minimum atomic E-state index is 0.117. The van der Waals surface area contributed by atoms with Crippen LogP contribution in [0.3, 0.4) is 0 Å². The minimum Gasteiger partial charge on any atom is -0.335 e. The van der Waals surface area contributed by atoms with E-state index in [9.17, 15) is 4.79 Å². The van der Waals surface area contributed by atoms with E-state index in [2.05, 4.69) is 17.6 Å². The predicted molar refractivity (Wildman–Crippen MR) is 55.2 cm³/mol. The third kappa shape index (κ3) is 2.38. The molecule has 14 heavy (non-hydrogen) atoms. The van der Waals surface area contributed by atoms with Crippen molar-refractivity contribution in [1.29, 1.82) is 0 Å². The molecule has 4 heteroatoms. The average molecular weight is 197 g/mol. The Morgan fingerprint density at radius 2 is 2.07 bits per heavy atom. The summed E-state index contributed by atoms with van der Waals surface area (Å²) < 4.78 is 0. The fourth-order valence-corrected chi connectivity index (χ4v) is 1.87. The Bertz CT molecular complexity index is 209. The van der Waals surface area contributed by atoms with Gasteiger partial charge in [0.15, 0.2) is 0 Å². The Labute approximate surface area is 85.0 Å². The lowest BCUT2D eigenvalue weighted by atomic mass is 10.2. The molecule has 0 aromatic carbocycles. The van der Waals surface area contributed by atoms with Crippen LogP contribution in [-0.4, -0.2) is 43.2 Å². The lowest BCUT2D eigenvalue weighted by molar-refractivity contribution is 0.185. The number of hydrogen-bond acceptors (Lipinski definition) is 2. The van der Waals surface area contributed by atoms with E-state index in [0.29, 0.717) is 6.04 Å². The number of carbonyl (C=O) groups excluding carboxylic acids is 1. The van der Waals surface area contributed by atoms with Crippen LogP contribution in [0.15, 0.2) is 0 Å². The van der Waals surface area contributed by atoms with E-state index in [1.54, 1.807) is 0 Å². The van der Waals surface area contributed by atoms with Crippen LogP contribution in [0, 0.1) is 5.92 Å². The second-order valence-electron chi connectivity index (χ2n) is 4.31. The molecular weight excluding hydrogens is 178 g/mol. The Hall–Kier alpha value is -0.770. The van der Waals surface area contributed by atoms with Crippen LogP contribution in [0.1, 0.15) is 19.8 Å². The Balaban J connectivity index is 1.75. The third-order valence-electron chi connectivity index (χ3n) is 3.08. The molecule has 4 nitrogen and oxygen atoms in total. The summed E-state index contributed by atoms with van der Waals surface area (Å²) in [4.78, 5) is 13.6. The van der Waals surface area contributed by atoms with Gasteiger partial charge in [-0.15, -0.1) is 0 Å². The number of nitrogens with zero attached hydrogens (tertiary/aromatic N) is 1. The number of carbonyl (C=O) groups is 1. The summed E-state index contributed by atoms with van der Waals surface area (Å²) in [5, 5.41) is 6.31. The van der Waals surface area contributed by atoms with Crippen LogP contribution in [0.25, 0.3) is 0 Å². The van der Waals surface area contributed by atoms with Gasteiger partial charge in [-0.25, -0.2) is 4.79 Å². The molecule has 1 saturated heterocycles. The summed E-state index contributed by atoms with van der Waals surface area (Å²) in [5.74, 6) is 0.738. The van der Waals surface area contributed by atoms with E-state index < -0.39 is 0 Å². The van der Waals surface area contributed by atoms with Gasteiger partial charge in [0.1, 0.15) is 0 Å².